The Bertz CT molecular complexity index is 491. The molecule has 1 N–H and O–H groups in total. The largest absolute Gasteiger partial charge is 0.349 e. The van der Waals surface area contributed by atoms with Gasteiger partial charge in [-0.25, -0.2) is 0 Å². The summed E-state index contributed by atoms with van der Waals surface area (Å²) < 4.78 is 0. The summed E-state index contributed by atoms with van der Waals surface area (Å²) >= 11 is 5.60. The number of rotatable bonds is 2. The highest BCUT2D eigenvalue weighted by Crippen LogP contribution is 2.60. The highest BCUT2D eigenvalue weighted by atomic mass is 32.1. The van der Waals surface area contributed by atoms with Gasteiger partial charge in [0.2, 0.25) is 5.91 Å². The molecule has 0 radical (unpaired) electrons. The number of hydrogen-bond acceptors (Lipinski definition) is 3. The Kier molecular flexibility index (Phi) is 4.36. The minimum Gasteiger partial charge on any atom is -0.349 e. The van der Waals surface area contributed by atoms with E-state index in [1.165, 1.54) is 19.3 Å². The summed E-state index contributed by atoms with van der Waals surface area (Å²) in [4.78, 5) is 17.6. The SMILES string of the molecule is CN1CCC(N(C)C(=S)NC(=O)C23CC4CC(CC(C4)C2)C3)CC1. The number of carbonyl (C=O) groups excluding carboxylic acids is 1. The van der Waals surface area contributed by atoms with E-state index in [1.807, 2.05) is 0 Å². The molecular weight excluding hydrogens is 318 g/mol. The number of thiocarbonyl (C=S) groups is 1. The van der Waals surface area contributed by atoms with E-state index < -0.39 is 0 Å². The average Bonchev–Trinajstić information content (AvgIpc) is 2.53. The molecule has 24 heavy (non-hydrogen) atoms. The van der Waals surface area contributed by atoms with Crippen LogP contribution < -0.4 is 5.32 Å². The predicted octanol–water partition coefficient (Wildman–Crippen LogP) is 2.63. The van der Waals surface area contributed by atoms with Crippen molar-refractivity contribution in [1.29, 1.82) is 0 Å². The van der Waals surface area contributed by atoms with Gasteiger partial charge in [0.15, 0.2) is 5.11 Å². The number of amides is 1. The molecule has 0 aromatic rings. The van der Waals surface area contributed by atoms with E-state index in [0.717, 1.165) is 62.9 Å². The maximum Gasteiger partial charge on any atom is 0.232 e. The fraction of sp³-hybridized carbons (Fsp3) is 0.895. The molecule has 5 rings (SSSR count). The molecule has 0 aromatic heterocycles. The molecule has 1 aliphatic heterocycles. The number of likely N-dealkylation sites (tertiary alicyclic amines) is 1. The van der Waals surface area contributed by atoms with Crippen LogP contribution in [0.5, 0.6) is 0 Å². The van der Waals surface area contributed by atoms with E-state index >= 15 is 0 Å². The van der Waals surface area contributed by atoms with E-state index in [0.29, 0.717) is 11.2 Å². The van der Waals surface area contributed by atoms with Crippen molar-refractivity contribution in [3.8, 4) is 0 Å². The molecule has 134 valence electrons. The van der Waals surface area contributed by atoms with Crippen molar-refractivity contribution in [3.63, 3.8) is 0 Å². The first-order valence-electron chi connectivity index (χ1n) is 9.72. The Morgan fingerprint density at radius 3 is 2.08 bits per heavy atom. The summed E-state index contributed by atoms with van der Waals surface area (Å²) in [7, 11) is 4.22. The quantitative estimate of drug-likeness (QED) is 0.778. The molecule has 0 spiro atoms. The molecule has 0 unspecified atom stereocenters. The zero-order valence-electron chi connectivity index (χ0n) is 15.1. The van der Waals surface area contributed by atoms with Crippen LogP contribution in [0.1, 0.15) is 51.4 Å². The van der Waals surface area contributed by atoms with Gasteiger partial charge in [-0.1, -0.05) is 0 Å². The molecule has 5 aliphatic rings. The Hall–Kier alpha value is -0.680. The van der Waals surface area contributed by atoms with E-state index in [-0.39, 0.29) is 11.3 Å². The third kappa shape index (κ3) is 2.98. The minimum absolute atomic E-state index is 0.105. The summed E-state index contributed by atoms with van der Waals surface area (Å²) in [6.07, 6.45) is 9.66. The van der Waals surface area contributed by atoms with Crippen molar-refractivity contribution in [2.24, 2.45) is 23.2 Å². The van der Waals surface area contributed by atoms with Crippen LogP contribution in [0.3, 0.4) is 0 Å². The monoisotopic (exact) mass is 349 g/mol. The van der Waals surface area contributed by atoms with Crippen molar-refractivity contribution in [2.45, 2.75) is 57.4 Å². The molecule has 4 nitrogen and oxygen atoms in total. The number of hydrogen-bond donors (Lipinski definition) is 1. The first-order chi connectivity index (χ1) is 11.4. The Morgan fingerprint density at radius 2 is 1.58 bits per heavy atom. The fourth-order valence-electron chi connectivity index (χ4n) is 6.25. The van der Waals surface area contributed by atoms with E-state index in [4.69, 9.17) is 12.2 Å². The molecule has 1 heterocycles. The molecule has 4 saturated carbocycles. The summed E-state index contributed by atoms with van der Waals surface area (Å²) in [5.41, 5.74) is -0.105. The maximum atomic E-state index is 13.1. The van der Waals surface area contributed by atoms with Gasteiger partial charge in [-0.15, -0.1) is 0 Å². The van der Waals surface area contributed by atoms with Crippen molar-refractivity contribution >= 4 is 23.2 Å². The van der Waals surface area contributed by atoms with Crippen LogP contribution in [0.25, 0.3) is 0 Å². The van der Waals surface area contributed by atoms with Gasteiger partial charge < -0.3 is 15.1 Å². The third-order valence-electron chi connectivity index (χ3n) is 7.30. The molecule has 4 aliphatic carbocycles. The van der Waals surface area contributed by atoms with Crippen LogP contribution >= 0.6 is 12.2 Å². The lowest BCUT2D eigenvalue weighted by Crippen LogP contribution is -2.57. The third-order valence-corrected chi connectivity index (χ3v) is 7.69. The number of carbonyl (C=O) groups is 1. The van der Waals surface area contributed by atoms with Crippen LogP contribution in [0, 0.1) is 23.2 Å². The van der Waals surface area contributed by atoms with Gasteiger partial charge >= 0.3 is 0 Å². The van der Waals surface area contributed by atoms with Crippen LogP contribution in [0.2, 0.25) is 0 Å². The molecule has 5 fully saturated rings. The van der Waals surface area contributed by atoms with Crippen molar-refractivity contribution in [3.05, 3.63) is 0 Å². The molecular formula is C19H31N3OS. The topological polar surface area (TPSA) is 35.6 Å². The summed E-state index contributed by atoms with van der Waals surface area (Å²) in [6.45, 7) is 2.22. The second kappa shape index (κ2) is 6.24. The van der Waals surface area contributed by atoms with E-state index in [2.05, 4.69) is 29.2 Å². The molecule has 5 heteroatoms. The van der Waals surface area contributed by atoms with Crippen molar-refractivity contribution in [1.82, 2.24) is 15.1 Å². The smallest absolute Gasteiger partial charge is 0.232 e. The first-order valence-corrected chi connectivity index (χ1v) is 10.1. The number of nitrogens with one attached hydrogen (secondary N) is 1. The second-order valence-electron chi connectivity index (χ2n) is 9.10. The van der Waals surface area contributed by atoms with Crippen molar-refractivity contribution < 1.29 is 4.79 Å². The van der Waals surface area contributed by atoms with Gasteiger partial charge in [0.25, 0.3) is 0 Å². The van der Waals surface area contributed by atoms with Crippen LogP contribution in [0.15, 0.2) is 0 Å². The van der Waals surface area contributed by atoms with Gasteiger partial charge in [-0.05, 0) is 101 Å². The Balaban J connectivity index is 1.38. The van der Waals surface area contributed by atoms with E-state index in [1.54, 1.807) is 0 Å². The molecule has 4 bridgehead atoms. The second-order valence-corrected chi connectivity index (χ2v) is 9.49. The van der Waals surface area contributed by atoms with Gasteiger partial charge in [0.05, 0.1) is 5.41 Å². The van der Waals surface area contributed by atoms with Gasteiger partial charge in [0, 0.05) is 13.1 Å². The minimum atomic E-state index is -0.105. The molecule has 1 amide bonds. The summed E-state index contributed by atoms with van der Waals surface area (Å²) in [5.74, 6) is 2.61. The Morgan fingerprint density at radius 1 is 1.08 bits per heavy atom. The highest BCUT2D eigenvalue weighted by molar-refractivity contribution is 7.80. The zero-order chi connectivity index (χ0) is 16.9. The normalized spacial score (nSPS) is 39.0. The molecule has 0 atom stereocenters. The van der Waals surface area contributed by atoms with Gasteiger partial charge in [-0.3, -0.25) is 4.79 Å². The highest BCUT2D eigenvalue weighted by Gasteiger charge is 2.54. The maximum absolute atomic E-state index is 13.1. The lowest BCUT2D eigenvalue weighted by molar-refractivity contribution is -0.144. The van der Waals surface area contributed by atoms with Crippen LogP contribution in [0.4, 0.5) is 0 Å². The predicted molar refractivity (Wildman–Crippen MR) is 99.6 cm³/mol. The van der Waals surface area contributed by atoms with Gasteiger partial charge in [0.1, 0.15) is 0 Å². The number of nitrogens with zero attached hydrogens (tertiary/aromatic N) is 2. The first kappa shape index (κ1) is 16.8. The summed E-state index contributed by atoms with van der Waals surface area (Å²) in [6, 6.07) is 0.463. The fourth-order valence-corrected chi connectivity index (χ4v) is 6.50. The van der Waals surface area contributed by atoms with Crippen LogP contribution in [-0.2, 0) is 4.79 Å². The average molecular weight is 350 g/mol. The number of piperidine rings is 1. The molecule has 0 aromatic carbocycles. The lowest BCUT2D eigenvalue weighted by atomic mass is 9.49. The lowest BCUT2D eigenvalue weighted by Gasteiger charge is -2.55. The van der Waals surface area contributed by atoms with Crippen molar-refractivity contribution in [2.75, 3.05) is 27.2 Å². The summed E-state index contributed by atoms with van der Waals surface area (Å²) in [5, 5.41) is 3.79. The molecule has 1 saturated heterocycles. The standard InChI is InChI=1S/C19H31N3OS/c1-21-5-3-16(4-6-21)22(2)18(24)20-17(23)19-10-13-7-14(11-19)9-15(8-13)12-19/h13-16H,3-12H2,1-2H3,(H,20,23,24). The van der Waals surface area contributed by atoms with Crippen LogP contribution in [-0.4, -0.2) is 54.0 Å². The Labute approximate surface area is 151 Å². The zero-order valence-corrected chi connectivity index (χ0v) is 15.9. The van der Waals surface area contributed by atoms with E-state index in [9.17, 15) is 4.79 Å². The van der Waals surface area contributed by atoms with Gasteiger partial charge in [-0.2, -0.15) is 0 Å².